The second-order valence-electron chi connectivity index (χ2n) is 4.80. The number of aromatic nitrogens is 2. The van der Waals surface area contributed by atoms with Crippen LogP contribution in [0.3, 0.4) is 0 Å². The van der Waals surface area contributed by atoms with Gasteiger partial charge in [0, 0.05) is 17.2 Å². The van der Waals surface area contributed by atoms with E-state index in [9.17, 15) is 14.9 Å². The number of hydrogen-bond acceptors (Lipinski definition) is 5. The molecule has 24 heavy (non-hydrogen) atoms. The van der Waals surface area contributed by atoms with Gasteiger partial charge in [0.2, 0.25) is 0 Å². The molecule has 0 aliphatic carbocycles. The third-order valence-electron chi connectivity index (χ3n) is 3.23. The zero-order valence-corrected chi connectivity index (χ0v) is 12.8. The number of nitrogens with one attached hydrogen (secondary N) is 2. The van der Waals surface area contributed by atoms with Crippen molar-refractivity contribution in [1.29, 1.82) is 0 Å². The molecule has 0 aliphatic heterocycles. The zero-order chi connectivity index (χ0) is 17.1. The summed E-state index contributed by atoms with van der Waals surface area (Å²) < 4.78 is 0. The van der Waals surface area contributed by atoms with Crippen molar-refractivity contribution < 1.29 is 9.72 Å². The number of nitro benzene ring substituents is 1. The smallest absolute Gasteiger partial charge is 0.288 e. The predicted octanol–water partition coefficient (Wildman–Crippen LogP) is 2.89. The number of carbonyl (C=O) groups is 1. The van der Waals surface area contributed by atoms with E-state index in [1.165, 1.54) is 24.7 Å². The summed E-state index contributed by atoms with van der Waals surface area (Å²) in [6.07, 6.45) is 2.84. The SMILES string of the molecule is O=C(NN=Cc1ccc(Cl)c([N+](=O)[O-])c1)c1ccc2nc[nH]c2c1. The fourth-order valence-corrected chi connectivity index (χ4v) is 2.24. The molecule has 3 rings (SSSR count). The number of carbonyl (C=O) groups excluding carboxylic acids is 1. The summed E-state index contributed by atoms with van der Waals surface area (Å²) in [5.74, 6) is -0.411. The van der Waals surface area contributed by atoms with E-state index in [-0.39, 0.29) is 10.7 Å². The Morgan fingerprint density at radius 1 is 1.33 bits per heavy atom. The molecule has 0 unspecified atom stereocenters. The maximum Gasteiger partial charge on any atom is 0.288 e. The quantitative estimate of drug-likeness (QED) is 0.430. The molecule has 0 saturated carbocycles. The molecule has 3 aromatic rings. The van der Waals surface area contributed by atoms with Crippen LogP contribution in [-0.4, -0.2) is 27.0 Å². The van der Waals surface area contributed by atoms with Gasteiger partial charge in [-0.15, -0.1) is 0 Å². The van der Waals surface area contributed by atoms with Gasteiger partial charge >= 0.3 is 0 Å². The molecule has 0 atom stereocenters. The Morgan fingerprint density at radius 3 is 2.96 bits per heavy atom. The monoisotopic (exact) mass is 343 g/mol. The number of amides is 1. The first-order chi connectivity index (χ1) is 11.5. The van der Waals surface area contributed by atoms with E-state index in [0.29, 0.717) is 11.1 Å². The number of benzene rings is 2. The molecule has 2 N–H and O–H groups in total. The van der Waals surface area contributed by atoms with Crippen LogP contribution in [0.4, 0.5) is 5.69 Å². The lowest BCUT2D eigenvalue weighted by atomic mass is 10.2. The summed E-state index contributed by atoms with van der Waals surface area (Å²) >= 11 is 5.73. The molecule has 1 aromatic heterocycles. The van der Waals surface area contributed by atoms with E-state index < -0.39 is 10.8 Å². The van der Waals surface area contributed by atoms with Gasteiger partial charge in [-0.25, -0.2) is 10.4 Å². The number of hydrazone groups is 1. The molecule has 0 bridgehead atoms. The van der Waals surface area contributed by atoms with E-state index in [1.807, 2.05) is 0 Å². The summed E-state index contributed by atoms with van der Waals surface area (Å²) in [6.45, 7) is 0. The van der Waals surface area contributed by atoms with Crippen LogP contribution in [0.25, 0.3) is 11.0 Å². The van der Waals surface area contributed by atoms with Gasteiger partial charge in [-0.1, -0.05) is 17.7 Å². The van der Waals surface area contributed by atoms with Crippen LogP contribution in [0.2, 0.25) is 5.02 Å². The van der Waals surface area contributed by atoms with Gasteiger partial charge in [0.05, 0.1) is 28.5 Å². The number of imidazole rings is 1. The van der Waals surface area contributed by atoms with Gasteiger partial charge in [0.25, 0.3) is 11.6 Å². The second-order valence-corrected chi connectivity index (χ2v) is 5.21. The summed E-state index contributed by atoms with van der Waals surface area (Å²) in [5.41, 5.74) is 4.47. The van der Waals surface area contributed by atoms with Crippen LogP contribution >= 0.6 is 11.6 Å². The third kappa shape index (κ3) is 3.23. The molecular weight excluding hydrogens is 334 g/mol. The van der Waals surface area contributed by atoms with E-state index in [4.69, 9.17) is 11.6 Å². The number of halogens is 1. The highest BCUT2D eigenvalue weighted by molar-refractivity contribution is 6.32. The molecule has 2 aromatic carbocycles. The number of H-pyrrole nitrogens is 1. The third-order valence-corrected chi connectivity index (χ3v) is 3.55. The predicted molar refractivity (Wildman–Crippen MR) is 89.3 cm³/mol. The Labute approximate surface area is 140 Å². The molecule has 0 radical (unpaired) electrons. The van der Waals surface area contributed by atoms with Crippen LogP contribution in [0.5, 0.6) is 0 Å². The second kappa shape index (κ2) is 6.47. The first-order valence-corrected chi connectivity index (χ1v) is 7.13. The van der Waals surface area contributed by atoms with E-state index in [2.05, 4.69) is 20.5 Å². The highest BCUT2D eigenvalue weighted by Gasteiger charge is 2.12. The van der Waals surface area contributed by atoms with Gasteiger partial charge in [-0.3, -0.25) is 14.9 Å². The molecule has 1 amide bonds. The molecule has 0 spiro atoms. The molecule has 0 aliphatic rings. The minimum Gasteiger partial charge on any atom is -0.345 e. The van der Waals surface area contributed by atoms with Crippen LogP contribution in [0, 0.1) is 10.1 Å². The Morgan fingerprint density at radius 2 is 2.17 bits per heavy atom. The normalized spacial score (nSPS) is 11.0. The number of hydrogen-bond donors (Lipinski definition) is 2. The van der Waals surface area contributed by atoms with Crippen molar-refractivity contribution >= 4 is 40.4 Å². The van der Waals surface area contributed by atoms with Gasteiger partial charge in [-0.2, -0.15) is 5.10 Å². The van der Waals surface area contributed by atoms with Crippen LogP contribution in [0.15, 0.2) is 47.8 Å². The van der Waals surface area contributed by atoms with Crippen molar-refractivity contribution in [2.24, 2.45) is 5.10 Å². The lowest BCUT2D eigenvalue weighted by Crippen LogP contribution is -2.17. The lowest BCUT2D eigenvalue weighted by Gasteiger charge is -2.00. The standard InChI is InChI=1S/C15H10ClN5O3/c16-11-3-1-9(5-14(11)21(23)24)7-19-20-15(22)10-2-4-12-13(6-10)18-8-17-12/h1-8H,(H,17,18)(H,20,22). The fourth-order valence-electron chi connectivity index (χ4n) is 2.06. The Kier molecular flexibility index (Phi) is 4.21. The number of nitro groups is 1. The van der Waals surface area contributed by atoms with Crippen molar-refractivity contribution in [1.82, 2.24) is 15.4 Å². The zero-order valence-electron chi connectivity index (χ0n) is 12.1. The largest absolute Gasteiger partial charge is 0.345 e. The topological polar surface area (TPSA) is 113 Å². The molecule has 0 fully saturated rings. The van der Waals surface area contributed by atoms with Gasteiger partial charge < -0.3 is 4.98 Å². The molecule has 8 nitrogen and oxygen atoms in total. The minimum atomic E-state index is -0.585. The minimum absolute atomic E-state index is 0.0362. The number of rotatable bonds is 4. The number of nitrogens with zero attached hydrogens (tertiary/aromatic N) is 3. The first-order valence-electron chi connectivity index (χ1n) is 6.75. The van der Waals surface area contributed by atoms with Gasteiger partial charge in [0.15, 0.2) is 0 Å². The van der Waals surface area contributed by atoms with E-state index in [1.54, 1.807) is 24.3 Å². The fraction of sp³-hybridized carbons (Fsp3) is 0. The number of aromatic amines is 1. The van der Waals surface area contributed by atoms with Gasteiger partial charge in [-0.05, 0) is 24.3 Å². The van der Waals surface area contributed by atoms with Crippen molar-refractivity contribution in [3.8, 4) is 0 Å². The molecular formula is C15H10ClN5O3. The van der Waals surface area contributed by atoms with Crippen molar-refractivity contribution in [2.75, 3.05) is 0 Å². The van der Waals surface area contributed by atoms with Crippen LogP contribution in [-0.2, 0) is 0 Å². The summed E-state index contributed by atoms with van der Waals surface area (Å²) in [5, 5.41) is 14.7. The van der Waals surface area contributed by atoms with Gasteiger partial charge in [0.1, 0.15) is 5.02 Å². The van der Waals surface area contributed by atoms with Crippen molar-refractivity contribution in [2.45, 2.75) is 0 Å². The molecule has 1 heterocycles. The maximum atomic E-state index is 12.0. The summed E-state index contributed by atoms with van der Waals surface area (Å²) in [7, 11) is 0. The van der Waals surface area contributed by atoms with Crippen LogP contribution in [0.1, 0.15) is 15.9 Å². The average Bonchev–Trinajstić information content (AvgIpc) is 3.03. The Hall–Kier alpha value is -3.26. The van der Waals surface area contributed by atoms with Crippen LogP contribution < -0.4 is 5.43 Å². The molecule has 120 valence electrons. The lowest BCUT2D eigenvalue weighted by molar-refractivity contribution is -0.384. The molecule has 9 heteroatoms. The highest BCUT2D eigenvalue weighted by atomic mass is 35.5. The highest BCUT2D eigenvalue weighted by Crippen LogP contribution is 2.24. The molecule has 0 saturated heterocycles. The Bertz CT molecular complexity index is 967. The average molecular weight is 344 g/mol. The Balaban J connectivity index is 1.72. The van der Waals surface area contributed by atoms with E-state index >= 15 is 0 Å². The summed E-state index contributed by atoms with van der Waals surface area (Å²) in [4.78, 5) is 29.3. The summed E-state index contributed by atoms with van der Waals surface area (Å²) in [6, 6.07) is 9.22. The first kappa shape index (κ1) is 15.6. The van der Waals surface area contributed by atoms with E-state index in [0.717, 1.165) is 11.0 Å². The van der Waals surface area contributed by atoms with Crippen molar-refractivity contribution in [3.05, 3.63) is 69.0 Å². The number of fused-ring (bicyclic) bond motifs is 1. The van der Waals surface area contributed by atoms with Crippen molar-refractivity contribution in [3.63, 3.8) is 0 Å². The maximum absolute atomic E-state index is 12.0.